The maximum absolute atomic E-state index is 13.1. The van der Waals surface area contributed by atoms with Gasteiger partial charge in [0.25, 0.3) is 0 Å². The van der Waals surface area contributed by atoms with Crippen molar-refractivity contribution in [3.8, 4) is 5.75 Å². The van der Waals surface area contributed by atoms with Gasteiger partial charge in [-0.25, -0.2) is 13.2 Å². The Kier molecular flexibility index (Phi) is 5.97. The number of halogens is 1. The van der Waals surface area contributed by atoms with Crippen molar-refractivity contribution in [2.24, 2.45) is 0 Å². The van der Waals surface area contributed by atoms with E-state index in [2.05, 4.69) is 10.6 Å². The fraction of sp³-hybridized carbons (Fsp3) is 0.476. The van der Waals surface area contributed by atoms with E-state index in [4.69, 9.17) is 16.0 Å². The largest absolute Gasteiger partial charge is 0.504 e. The number of amides is 2. The number of rotatable bonds is 4. The number of furan rings is 1. The topological polar surface area (TPSA) is 109 Å². The Morgan fingerprint density at radius 1 is 1.10 bits per heavy atom. The summed E-state index contributed by atoms with van der Waals surface area (Å²) >= 11 is 6.16. The van der Waals surface area contributed by atoms with Gasteiger partial charge in [0.05, 0.1) is 28.3 Å². The predicted octanol–water partition coefficient (Wildman–Crippen LogP) is 4.94. The SMILES string of the molecule is O=C(Nc1ccc(Cl)c(S(=O)(=O)C2CCCCC2)c1O)N[C@@H]1CCCc2ccoc21. The van der Waals surface area contributed by atoms with Gasteiger partial charge in [-0.3, -0.25) is 0 Å². The zero-order chi connectivity index (χ0) is 21.3. The van der Waals surface area contributed by atoms with Crippen molar-refractivity contribution in [3.63, 3.8) is 0 Å². The Balaban J connectivity index is 1.54. The molecule has 7 nitrogen and oxygen atoms in total. The number of aromatic hydroxyl groups is 1. The first-order valence-corrected chi connectivity index (χ1v) is 12.2. The summed E-state index contributed by atoms with van der Waals surface area (Å²) in [6, 6.07) is 3.86. The van der Waals surface area contributed by atoms with Gasteiger partial charge < -0.3 is 20.2 Å². The third-order valence-electron chi connectivity index (χ3n) is 5.95. The van der Waals surface area contributed by atoms with Gasteiger partial charge in [-0.1, -0.05) is 30.9 Å². The summed E-state index contributed by atoms with van der Waals surface area (Å²) in [5.41, 5.74) is 1.07. The highest BCUT2D eigenvalue weighted by Crippen LogP contribution is 2.41. The second-order valence-electron chi connectivity index (χ2n) is 7.93. The molecule has 0 spiro atoms. The molecule has 0 radical (unpaired) electrons. The molecule has 162 valence electrons. The van der Waals surface area contributed by atoms with Gasteiger partial charge in [0, 0.05) is 0 Å². The number of sulfone groups is 1. The van der Waals surface area contributed by atoms with Crippen LogP contribution in [0.5, 0.6) is 5.75 Å². The molecule has 0 bridgehead atoms. The molecule has 1 heterocycles. The summed E-state index contributed by atoms with van der Waals surface area (Å²) < 4.78 is 31.7. The van der Waals surface area contributed by atoms with E-state index >= 15 is 0 Å². The minimum Gasteiger partial charge on any atom is -0.504 e. The first kappa shape index (κ1) is 21.1. The molecule has 0 unspecified atom stereocenters. The van der Waals surface area contributed by atoms with Crippen LogP contribution in [0.15, 0.2) is 33.8 Å². The van der Waals surface area contributed by atoms with Crippen LogP contribution in [-0.2, 0) is 16.3 Å². The van der Waals surface area contributed by atoms with E-state index in [-0.39, 0.29) is 21.6 Å². The quantitative estimate of drug-likeness (QED) is 0.569. The third kappa shape index (κ3) is 4.03. The first-order chi connectivity index (χ1) is 14.4. The molecule has 1 aromatic heterocycles. The molecule has 30 heavy (non-hydrogen) atoms. The number of carbonyl (C=O) groups excluding carboxylic acids is 1. The Bertz CT molecular complexity index is 1040. The van der Waals surface area contributed by atoms with Crippen LogP contribution in [0.3, 0.4) is 0 Å². The summed E-state index contributed by atoms with van der Waals surface area (Å²) in [7, 11) is -3.81. The van der Waals surface area contributed by atoms with E-state index in [0.29, 0.717) is 12.8 Å². The predicted molar refractivity (Wildman–Crippen MR) is 114 cm³/mol. The molecule has 2 amide bonds. The Morgan fingerprint density at radius 2 is 1.87 bits per heavy atom. The maximum atomic E-state index is 13.1. The molecule has 3 N–H and O–H groups in total. The Labute approximate surface area is 180 Å². The van der Waals surface area contributed by atoms with Crippen molar-refractivity contribution in [1.82, 2.24) is 5.32 Å². The molecule has 0 saturated heterocycles. The lowest BCUT2D eigenvalue weighted by molar-refractivity contribution is 0.244. The van der Waals surface area contributed by atoms with Crippen LogP contribution in [0, 0.1) is 0 Å². The van der Waals surface area contributed by atoms with Gasteiger partial charge in [0.2, 0.25) is 0 Å². The van der Waals surface area contributed by atoms with Crippen LogP contribution < -0.4 is 10.6 Å². The van der Waals surface area contributed by atoms with E-state index in [0.717, 1.165) is 49.8 Å². The van der Waals surface area contributed by atoms with Gasteiger partial charge in [0.15, 0.2) is 15.6 Å². The summed E-state index contributed by atoms with van der Waals surface area (Å²) in [5.74, 6) is 0.211. The van der Waals surface area contributed by atoms with E-state index in [1.54, 1.807) is 6.26 Å². The molecule has 0 aliphatic heterocycles. The number of phenolic OH excluding ortho intramolecular Hbond substituents is 1. The molecule has 2 aromatic rings. The van der Waals surface area contributed by atoms with E-state index in [9.17, 15) is 18.3 Å². The Morgan fingerprint density at radius 3 is 2.63 bits per heavy atom. The number of hydrogen-bond acceptors (Lipinski definition) is 5. The van der Waals surface area contributed by atoms with Gasteiger partial charge in [-0.2, -0.15) is 0 Å². The lowest BCUT2D eigenvalue weighted by atomic mass is 9.94. The molecule has 1 fully saturated rings. The molecule has 1 saturated carbocycles. The number of benzene rings is 1. The number of urea groups is 1. The van der Waals surface area contributed by atoms with E-state index in [1.165, 1.54) is 12.1 Å². The van der Waals surface area contributed by atoms with Gasteiger partial charge in [-0.05, 0) is 55.9 Å². The van der Waals surface area contributed by atoms with Gasteiger partial charge in [-0.15, -0.1) is 0 Å². The molecule has 2 aliphatic rings. The summed E-state index contributed by atoms with van der Waals surface area (Å²) in [5, 5.41) is 15.5. The van der Waals surface area contributed by atoms with Crippen molar-refractivity contribution < 1.29 is 22.7 Å². The summed E-state index contributed by atoms with van der Waals surface area (Å²) in [4.78, 5) is 12.2. The lowest BCUT2D eigenvalue weighted by Gasteiger charge is -2.24. The molecule has 9 heteroatoms. The van der Waals surface area contributed by atoms with Crippen LogP contribution in [0.4, 0.5) is 10.5 Å². The fourth-order valence-corrected chi connectivity index (χ4v) is 6.88. The normalized spacial score (nSPS) is 19.8. The molecular weight excluding hydrogens is 428 g/mol. The number of aryl methyl sites for hydroxylation is 1. The second kappa shape index (κ2) is 8.51. The second-order valence-corrected chi connectivity index (χ2v) is 10.5. The number of hydrogen-bond donors (Lipinski definition) is 3. The van der Waals surface area contributed by atoms with Crippen LogP contribution >= 0.6 is 11.6 Å². The standard InChI is InChI=1S/C21H25ClN2O5S/c22-15-9-10-16(18(25)20(15)30(27,28)14-6-2-1-3-7-14)23-21(26)24-17-8-4-5-13-11-12-29-19(13)17/h9-12,14,17,25H,1-8H2,(H2,23,24,26)/t17-/m1/s1. The van der Waals surface area contributed by atoms with Gasteiger partial charge >= 0.3 is 6.03 Å². The number of phenols is 1. The zero-order valence-electron chi connectivity index (χ0n) is 16.5. The Hall–Kier alpha value is -2.19. The van der Waals surface area contributed by atoms with Crippen LogP contribution in [0.25, 0.3) is 0 Å². The number of nitrogens with one attached hydrogen (secondary N) is 2. The number of carbonyl (C=O) groups is 1. The highest BCUT2D eigenvalue weighted by atomic mass is 35.5. The average Bonchev–Trinajstić information content (AvgIpc) is 3.21. The van der Waals surface area contributed by atoms with Crippen molar-refractivity contribution in [2.45, 2.75) is 67.6 Å². The fourth-order valence-electron chi connectivity index (χ4n) is 4.40. The van der Waals surface area contributed by atoms with Crippen LogP contribution in [0.1, 0.15) is 62.3 Å². The highest BCUT2D eigenvalue weighted by Gasteiger charge is 2.34. The zero-order valence-corrected chi connectivity index (χ0v) is 18.1. The average molecular weight is 453 g/mol. The maximum Gasteiger partial charge on any atom is 0.319 e. The molecule has 1 aromatic carbocycles. The number of fused-ring (bicyclic) bond motifs is 1. The summed E-state index contributed by atoms with van der Waals surface area (Å²) in [6.45, 7) is 0. The molecule has 2 aliphatic carbocycles. The monoisotopic (exact) mass is 452 g/mol. The van der Waals surface area contributed by atoms with Crippen LogP contribution in [-0.4, -0.2) is 24.8 Å². The van der Waals surface area contributed by atoms with Crippen molar-refractivity contribution >= 4 is 33.2 Å². The molecular formula is C21H25ClN2O5S. The minimum absolute atomic E-state index is 0.00163. The lowest BCUT2D eigenvalue weighted by Crippen LogP contribution is -2.34. The first-order valence-electron chi connectivity index (χ1n) is 10.3. The van der Waals surface area contributed by atoms with Crippen molar-refractivity contribution in [1.29, 1.82) is 0 Å². The highest BCUT2D eigenvalue weighted by molar-refractivity contribution is 7.92. The van der Waals surface area contributed by atoms with Gasteiger partial charge in [0.1, 0.15) is 10.7 Å². The van der Waals surface area contributed by atoms with Crippen molar-refractivity contribution in [3.05, 3.63) is 40.8 Å². The van der Waals surface area contributed by atoms with Crippen LogP contribution in [0.2, 0.25) is 5.02 Å². The smallest absolute Gasteiger partial charge is 0.319 e. The molecule has 4 rings (SSSR count). The van der Waals surface area contributed by atoms with E-state index < -0.39 is 26.9 Å². The minimum atomic E-state index is -3.81. The third-order valence-corrected chi connectivity index (χ3v) is 8.71. The van der Waals surface area contributed by atoms with E-state index in [1.807, 2.05) is 6.07 Å². The number of anilines is 1. The van der Waals surface area contributed by atoms with Crippen molar-refractivity contribution in [2.75, 3.05) is 5.32 Å². The summed E-state index contributed by atoms with van der Waals surface area (Å²) in [6.07, 6.45) is 7.94. The molecule has 1 atom stereocenters.